The molecule has 0 unspecified atom stereocenters. The number of aryl methyl sites for hydroxylation is 1. The maximum Gasteiger partial charge on any atom is 0.345 e. The van der Waals surface area contributed by atoms with E-state index in [0.717, 1.165) is 18.4 Å². The molecule has 7 nitrogen and oxygen atoms in total. The smallest absolute Gasteiger partial charge is 0.345 e. The summed E-state index contributed by atoms with van der Waals surface area (Å²) in [4.78, 5) is 20.2. The largest absolute Gasteiger partial charge is 0.423 e. The van der Waals surface area contributed by atoms with E-state index in [2.05, 4.69) is 23.4 Å². The zero-order valence-corrected chi connectivity index (χ0v) is 13.9. The number of carbonyl (C=O) groups is 1. The number of rotatable bonds is 7. The van der Waals surface area contributed by atoms with Crippen LogP contribution in [0.2, 0.25) is 0 Å². The number of allylic oxidation sites excluding steroid dienone is 2. The quantitative estimate of drug-likeness (QED) is 0.719. The minimum Gasteiger partial charge on any atom is -0.423 e. The predicted molar refractivity (Wildman–Crippen MR) is 87.8 cm³/mol. The molecule has 3 rings (SSSR count). The number of hydrogen-bond acceptors (Lipinski definition) is 5. The van der Waals surface area contributed by atoms with Crippen LogP contribution in [0.1, 0.15) is 37.6 Å². The molecule has 128 valence electrons. The third-order valence-corrected chi connectivity index (χ3v) is 4.36. The van der Waals surface area contributed by atoms with Crippen molar-refractivity contribution in [3.8, 4) is 0 Å². The first-order valence-corrected chi connectivity index (χ1v) is 8.17. The molecule has 7 heteroatoms. The fourth-order valence-electron chi connectivity index (χ4n) is 3.07. The second-order valence-corrected chi connectivity index (χ2v) is 5.85. The van der Waals surface area contributed by atoms with Crippen molar-refractivity contribution in [1.29, 1.82) is 0 Å². The maximum atomic E-state index is 12.7. The van der Waals surface area contributed by atoms with E-state index in [1.165, 1.54) is 5.06 Å². The average Bonchev–Trinajstić information content (AvgIpc) is 3.17. The van der Waals surface area contributed by atoms with E-state index in [9.17, 15) is 4.79 Å². The van der Waals surface area contributed by atoms with Gasteiger partial charge in [0, 0.05) is 13.0 Å². The monoisotopic (exact) mass is 330 g/mol. The van der Waals surface area contributed by atoms with Gasteiger partial charge in [-0.3, -0.25) is 4.84 Å². The number of hydroxylamine groups is 2. The van der Waals surface area contributed by atoms with Crippen molar-refractivity contribution in [2.75, 3.05) is 13.2 Å². The van der Waals surface area contributed by atoms with Crippen LogP contribution in [-0.4, -0.2) is 45.4 Å². The maximum absolute atomic E-state index is 12.7. The summed E-state index contributed by atoms with van der Waals surface area (Å²) in [6.45, 7) is 10.3. The topological polar surface area (TPSA) is 71.7 Å². The Balaban J connectivity index is 1.69. The second kappa shape index (κ2) is 7.00. The molecule has 2 atom stereocenters. The molecule has 1 aromatic heterocycles. The molecular weight excluding hydrogens is 308 g/mol. The predicted octanol–water partition coefficient (Wildman–Crippen LogP) is 2.80. The Morgan fingerprint density at radius 2 is 2.25 bits per heavy atom. The molecule has 24 heavy (non-hydrogen) atoms. The molecule has 3 heterocycles. The average molecular weight is 330 g/mol. The second-order valence-electron chi connectivity index (χ2n) is 5.85. The fourth-order valence-corrected chi connectivity index (χ4v) is 3.07. The molecule has 1 aromatic rings. The van der Waals surface area contributed by atoms with Gasteiger partial charge >= 0.3 is 6.03 Å². The molecule has 2 fully saturated rings. The Hall–Kier alpha value is -2.41. The number of piperidine rings is 1. The SMILES string of the molecule is C=C/C=C(\C=C)CON1C(=O)N2C[C@H]1CC[C@H]2c1nnc(CC)o1. The van der Waals surface area contributed by atoms with Crippen molar-refractivity contribution >= 4 is 6.03 Å². The standard InChI is InChI=1S/C17H22N4O3/c1-4-7-12(5-2)11-23-21-13-8-9-14(20(10-13)17(21)22)16-19-18-15(6-3)24-16/h4-5,7,13-14H,1-2,6,8-11H2,3H3/b12-7+/t13-,14+/m1/s1. The van der Waals surface area contributed by atoms with Gasteiger partial charge in [0.25, 0.3) is 0 Å². The lowest BCUT2D eigenvalue weighted by molar-refractivity contribution is -0.119. The minimum absolute atomic E-state index is 0.0529. The normalized spacial score (nSPS) is 23.7. The Bertz CT molecular complexity index is 667. The Morgan fingerprint density at radius 3 is 2.92 bits per heavy atom. The lowest BCUT2D eigenvalue weighted by Crippen LogP contribution is -2.34. The molecule has 0 spiro atoms. The van der Waals surface area contributed by atoms with Gasteiger partial charge in [0.05, 0.1) is 6.04 Å². The van der Waals surface area contributed by atoms with Gasteiger partial charge in [-0.1, -0.05) is 38.3 Å². The van der Waals surface area contributed by atoms with E-state index in [0.29, 0.717) is 24.7 Å². The minimum atomic E-state index is -0.169. The molecule has 2 bridgehead atoms. The summed E-state index contributed by atoms with van der Waals surface area (Å²) in [6, 6.07) is -0.268. The number of carbonyl (C=O) groups excluding carboxylic acids is 1. The van der Waals surface area contributed by atoms with Crippen LogP contribution in [0.4, 0.5) is 4.79 Å². The van der Waals surface area contributed by atoms with E-state index < -0.39 is 0 Å². The van der Waals surface area contributed by atoms with Gasteiger partial charge in [-0.25, -0.2) is 4.79 Å². The van der Waals surface area contributed by atoms with Gasteiger partial charge in [0.2, 0.25) is 11.8 Å². The summed E-state index contributed by atoms with van der Waals surface area (Å²) in [6.07, 6.45) is 7.50. The van der Waals surface area contributed by atoms with Gasteiger partial charge in [-0.05, 0) is 18.4 Å². The molecule has 0 N–H and O–H groups in total. The summed E-state index contributed by atoms with van der Waals surface area (Å²) in [5, 5.41) is 9.57. The van der Waals surface area contributed by atoms with Crippen molar-refractivity contribution in [3.05, 3.63) is 48.7 Å². The molecule has 2 saturated heterocycles. The first-order valence-electron chi connectivity index (χ1n) is 8.17. The summed E-state index contributed by atoms with van der Waals surface area (Å²) in [5.41, 5.74) is 0.871. The van der Waals surface area contributed by atoms with Crippen LogP contribution in [-0.2, 0) is 11.3 Å². The molecule has 2 amide bonds. The Labute approximate surface area is 141 Å². The van der Waals surface area contributed by atoms with Crippen LogP contribution in [0.25, 0.3) is 0 Å². The van der Waals surface area contributed by atoms with Crippen LogP contribution in [0, 0.1) is 0 Å². The summed E-state index contributed by atoms with van der Waals surface area (Å²) in [5.74, 6) is 1.11. The molecular formula is C17H22N4O3. The highest BCUT2D eigenvalue weighted by Gasteiger charge is 2.47. The zero-order valence-electron chi connectivity index (χ0n) is 13.9. The lowest BCUT2D eigenvalue weighted by atomic mass is 10.0. The fraction of sp³-hybridized carbons (Fsp3) is 0.471. The van der Waals surface area contributed by atoms with Gasteiger partial charge < -0.3 is 9.32 Å². The first-order chi connectivity index (χ1) is 11.7. The van der Waals surface area contributed by atoms with E-state index in [1.54, 1.807) is 17.1 Å². The number of nitrogens with zero attached hydrogens (tertiary/aromatic N) is 4. The Morgan fingerprint density at radius 1 is 1.42 bits per heavy atom. The van der Waals surface area contributed by atoms with Crippen molar-refractivity contribution in [2.24, 2.45) is 0 Å². The third kappa shape index (κ3) is 2.99. The van der Waals surface area contributed by atoms with Crippen LogP contribution in [0.15, 0.2) is 41.4 Å². The molecule has 0 aliphatic carbocycles. The summed E-state index contributed by atoms with van der Waals surface area (Å²) >= 11 is 0. The molecule has 0 radical (unpaired) electrons. The van der Waals surface area contributed by atoms with E-state index in [1.807, 2.05) is 13.0 Å². The van der Waals surface area contributed by atoms with Crippen LogP contribution < -0.4 is 0 Å². The number of urea groups is 1. The van der Waals surface area contributed by atoms with Crippen LogP contribution in [0.3, 0.4) is 0 Å². The van der Waals surface area contributed by atoms with Crippen LogP contribution >= 0.6 is 0 Å². The van der Waals surface area contributed by atoms with E-state index in [4.69, 9.17) is 9.25 Å². The number of amides is 2. The number of fused-ring (bicyclic) bond motifs is 2. The molecule has 2 aliphatic heterocycles. The lowest BCUT2D eigenvalue weighted by Gasteiger charge is -2.27. The highest BCUT2D eigenvalue weighted by atomic mass is 16.7. The summed E-state index contributed by atoms with van der Waals surface area (Å²) < 4.78 is 5.65. The van der Waals surface area contributed by atoms with Gasteiger partial charge in [0.1, 0.15) is 12.6 Å². The number of aromatic nitrogens is 2. The molecule has 0 saturated carbocycles. The highest BCUT2D eigenvalue weighted by molar-refractivity contribution is 5.77. The van der Waals surface area contributed by atoms with E-state index >= 15 is 0 Å². The number of hydrogen-bond donors (Lipinski definition) is 0. The van der Waals surface area contributed by atoms with Crippen molar-refractivity contribution < 1.29 is 14.0 Å². The van der Waals surface area contributed by atoms with Crippen LogP contribution in [0.5, 0.6) is 0 Å². The Kier molecular flexibility index (Phi) is 4.80. The van der Waals surface area contributed by atoms with Crippen molar-refractivity contribution in [1.82, 2.24) is 20.2 Å². The van der Waals surface area contributed by atoms with Gasteiger partial charge in [0.15, 0.2) is 0 Å². The zero-order chi connectivity index (χ0) is 17.1. The molecule has 0 aromatic carbocycles. The summed E-state index contributed by atoms with van der Waals surface area (Å²) in [7, 11) is 0. The first kappa shape index (κ1) is 16.4. The van der Waals surface area contributed by atoms with Crippen molar-refractivity contribution in [2.45, 2.75) is 38.3 Å². The van der Waals surface area contributed by atoms with Gasteiger partial charge in [-0.2, -0.15) is 5.06 Å². The third-order valence-electron chi connectivity index (χ3n) is 4.36. The van der Waals surface area contributed by atoms with E-state index in [-0.39, 0.29) is 24.7 Å². The van der Waals surface area contributed by atoms with Gasteiger partial charge in [-0.15, -0.1) is 10.2 Å². The molecule has 2 aliphatic rings. The van der Waals surface area contributed by atoms with Crippen molar-refractivity contribution in [3.63, 3.8) is 0 Å². The highest BCUT2D eigenvalue weighted by Crippen LogP contribution is 2.38.